The fourth-order valence-electron chi connectivity index (χ4n) is 0.905. The molecule has 0 saturated heterocycles. The number of hydrogen-bond acceptors (Lipinski definition) is 2. The molecule has 0 spiro atoms. The van der Waals surface area contributed by atoms with Gasteiger partial charge in [0.1, 0.15) is 5.15 Å². The van der Waals surface area contributed by atoms with Gasteiger partial charge in [0.05, 0.1) is 12.1 Å². The largest absolute Gasteiger partial charge is 0.419 e. The topological polar surface area (TPSA) is 38.9 Å². The minimum Gasteiger partial charge on any atom is -0.320 e. The van der Waals surface area contributed by atoms with Gasteiger partial charge in [0, 0.05) is 11.8 Å². The molecule has 0 amide bonds. The van der Waals surface area contributed by atoms with Crippen molar-refractivity contribution in [2.24, 2.45) is 5.73 Å². The van der Waals surface area contributed by atoms with Gasteiger partial charge in [0.2, 0.25) is 0 Å². The quantitative estimate of drug-likeness (QED) is 0.551. The van der Waals surface area contributed by atoms with Crippen LogP contribution < -0.4 is 5.73 Å². The van der Waals surface area contributed by atoms with E-state index in [9.17, 15) is 13.2 Å². The van der Waals surface area contributed by atoms with E-state index in [0.29, 0.717) is 6.20 Å². The highest BCUT2D eigenvalue weighted by Gasteiger charge is 2.33. The molecule has 1 heterocycles. The zero-order valence-corrected chi connectivity index (χ0v) is 8.15. The van der Waals surface area contributed by atoms with Crippen molar-refractivity contribution in [2.75, 3.05) is 6.54 Å². The van der Waals surface area contributed by atoms with Gasteiger partial charge in [0.15, 0.2) is 0 Å². The summed E-state index contributed by atoms with van der Waals surface area (Å²) in [6, 6.07) is 1.06. The number of nitrogens with zero attached hydrogens (tertiary/aromatic N) is 1. The Hall–Kier alpha value is -1.25. The van der Waals surface area contributed by atoms with Gasteiger partial charge in [-0.2, -0.15) is 13.2 Å². The van der Waals surface area contributed by atoms with Crippen LogP contribution in [0.15, 0.2) is 12.3 Å². The van der Waals surface area contributed by atoms with E-state index in [1.807, 2.05) is 0 Å². The number of hydrogen-bond donors (Lipinski definition) is 1. The molecule has 0 aliphatic rings. The lowest BCUT2D eigenvalue weighted by molar-refractivity contribution is -0.138. The van der Waals surface area contributed by atoms with Crippen molar-refractivity contribution in [3.8, 4) is 11.8 Å². The smallest absolute Gasteiger partial charge is 0.320 e. The number of alkyl halides is 3. The number of rotatable bonds is 0. The van der Waals surface area contributed by atoms with E-state index in [1.165, 1.54) is 0 Å². The van der Waals surface area contributed by atoms with Gasteiger partial charge in [-0.15, -0.1) is 0 Å². The maximum absolute atomic E-state index is 12.4. The molecule has 0 aromatic carbocycles. The minimum absolute atomic E-state index is 0.0166. The highest BCUT2D eigenvalue weighted by atomic mass is 35.5. The van der Waals surface area contributed by atoms with Gasteiger partial charge in [-0.05, 0) is 6.07 Å². The third kappa shape index (κ3) is 3.11. The zero-order chi connectivity index (χ0) is 11.5. The normalized spacial score (nSPS) is 10.7. The summed E-state index contributed by atoms with van der Waals surface area (Å²) >= 11 is 5.47. The Balaban J connectivity index is 3.27. The van der Waals surface area contributed by atoms with E-state index in [1.54, 1.807) is 0 Å². The molecule has 0 aliphatic carbocycles. The summed E-state index contributed by atoms with van der Waals surface area (Å²) in [5, 5.41) is -0.0377. The van der Waals surface area contributed by atoms with Crippen molar-refractivity contribution < 1.29 is 13.2 Å². The van der Waals surface area contributed by atoms with Crippen LogP contribution in [0.5, 0.6) is 0 Å². The molecule has 0 unspecified atom stereocenters. The fraction of sp³-hybridized carbons (Fsp3) is 0.222. The Morgan fingerprint density at radius 2 is 2.13 bits per heavy atom. The van der Waals surface area contributed by atoms with Gasteiger partial charge in [-0.1, -0.05) is 23.4 Å². The van der Waals surface area contributed by atoms with Crippen molar-refractivity contribution >= 4 is 11.6 Å². The van der Waals surface area contributed by atoms with Gasteiger partial charge in [-0.3, -0.25) is 0 Å². The second-order valence-corrected chi connectivity index (χ2v) is 2.94. The molecule has 80 valence electrons. The molecule has 6 heteroatoms. The standard InChI is InChI=1S/C9H6ClF3N2/c10-8-4-6(2-1-3-14)7(5-15-8)9(11,12)13/h4-5H,3,14H2. The summed E-state index contributed by atoms with van der Waals surface area (Å²) in [5.74, 6) is 4.64. The number of nitrogens with two attached hydrogens (primary N) is 1. The van der Waals surface area contributed by atoms with E-state index >= 15 is 0 Å². The number of halogens is 4. The highest BCUT2D eigenvalue weighted by molar-refractivity contribution is 6.29. The third-order valence-corrected chi connectivity index (χ3v) is 1.71. The second kappa shape index (κ2) is 4.51. The maximum atomic E-state index is 12.4. The van der Waals surface area contributed by atoms with Crippen LogP contribution in [0.1, 0.15) is 11.1 Å². The van der Waals surface area contributed by atoms with Crippen LogP contribution in [0.2, 0.25) is 5.15 Å². The first-order chi connectivity index (χ1) is 6.95. The van der Waals surface area contributed by atoms with Gasteiger partial charge < -0.3 is 5.73 Å². The molecule has 2 nitrogen and oxygen atoms in total. The van der Waals surface area contributed by atoms with E-state index < -0.39 is 11.7 Å². The van der Waals surface area contributed by atoms with Crippen LogP contribution in [0.25, 0.3) is 0 Å². The monoisotopic (exact) mass is 234 g/mol. The van der Waals surface area contributed by atoms with Crippen LogP contribution >= 0.6 is 11.6 Å². The van der Waals surface area contributed by atoms with Crippen molar-refractivity contribution in [2.45, 2.75) is 6.18 Å². The summed E-state index contributed by atoms with van der Waals surface area (Å²) in [4.78, 5) is 3.36. The van der Waals surface area contributed by atoms with Crippen LogP contribution in [-0.2, 0) is 6.18 Å². The molecule has 0 atom stereocenters. The van der Waals surface area contributed by atoms with E-state index in [4.69, 9.17) is 17.3 Å². The van der Waals surface area contributed by atoms with Crippen molar-refractivity contribution in [1.82, 2.24) is 4.98 Å². The first-order valence-corrected chi connectivity index (χ1v) is 4.24. The number of aromatic nitrogens is 1. The Bertz CT molecular complexity index is 418. The maximum Gasteiger partial charge on any atom is 0.419 e. The average Bonchev–Trinajstić information content (AvgIpc) is 2.12. The summed E-state index contributed by atoms with van der Waals surface area (Å²) in [5.41, 5.74) is 3.95. The molecule has 0 radical (unpaired) electrons. The van der Waals surface area contributed by atoms with Crippen LogP contribution in [-0.4, -0.2) is 11.5 Å². The van der Waals surface area contributed by atoms with Gasteiger partial charge >= 0.3 is 6.18 Å². The molecule has 1 rings (SSSR count). The summed E-state index contributed by atoms with van der Waals surface area (Å²) in [6.07, 6.45) is -3.83. The van der Waals surface area contributed by atoms with Crippen LogP contribution in [0.4, 0.5) is 13.2 Å². The Labute approximate surface area is 89.2 Å². The molecular formula is C9H6ClF3N2. The second-order valence-electron chi connectivity index (χ2n) is 2.56. The molecule has 1 aromatic rings. The average molecular weight is 235 g/mol. The van der Waals surface area contributed by atoms with Gasteiger partial charge in [0.25, 0.3) is 0 Å². The molecule has 0 bridgehead atoms. The van der Waals surface area contributed by atoms with Crippen molar-refractivity contribution in [1.29, 1.82) is 0 Å². The Kier molecular flexibility index (Phi) is 3.56. The lowest BCUT2D eigenvalue weighted by atomic mass is 10.1. The number of pyridine rings is 1. The summed E-state index contributed by atoms with van der Waals surface area (Å²) < 4.78 is 37.3. The van der Waals surface area contributed by atoms with Crippen LogP contribution in [0.3, 0.4) is 0 Å². The Morgan fingerprint density at radius 1 is 1.47 bits per heavy atom. The first kappa shape index (κ1) is 11.8. The predicted molar refractivity (Wildman–Crippen MR) is 50.2 cm³/mol. The molecule has 15 heavy (non-hydrogen) atoms. The van der Waals surface area contributed by atoms with E-state index in [-0.39, 0.29) is 17.3 Å². The molecular weight excluding hydrogens is 229 g/mol. The lowest BCUT2D eigenvalue weighted by Crippen LogP contribution is -2.08. The first-order valence-electron chi connectivity index (χ1n) is 3.87. The molecule has 2 N–H and O–H groups in total. The van der Waals surface area contributed by atoms with Crippen LogP contribution in [0, 0.1) is 11.8 Å². The SMILES string of the molecule is NCC#Cc1cc(Cl)ncc1C(F)(F)F. The van der Waals surface area contributed by atoms with Crippen molar-refractivity contribution in [3.63, 3.8) is 0 Å². The third-order valence-electron chi connectivity index (χ3n) is 1.50. The summed E-state index contributed by atoms with van der Waals surface area (Å²) in [6.45, 7) is -0.0166. The molecule has 0 fully saturated rings. The van der Waals surface area contributed by atoms with E-state index in [2.05, 4.69) is 16.8 Å². The zero-order valence-electron chi connectivity index (χ0n) is 7.40. The predicted octanol–water partition coefficient (Wildman–Crippen LogP) is 2.06. The highest BCUT2D eigenvalue weighted by Crippen LogP contribution is 2.31. The lowest BCUT2D eigenvalue weighted by Gasteiger charge is -2.08. The summed E-state index contributed by atoms with van der Waals surface area (Å²) in [7, 11) is 0. The Morgan fingerprint density at radius 3 is 2.67 bits per heavy atom. The van der Waals surface area contributed by atoms with Crippen molar-refractivity contribution in [3.05, 3.63) is 28.5 Å². The molecule has 0 saturated carbocycles. The minimum atomic E-state index is -4.49. The molecule has 1 aromatic heterocycles. The van der Waals surface area contributed by atoms with Gasteiger partial charge in [-0.25, -0.2) is 4.98 Å². The fourth-order valence-corrected chi connectivity index (χ4v) is 1.06. The molecule has 0 aliphatic heterocycles. The van der Waals surface area contributed by atoms with E-state index in [0.717, 1.165) is 6.07 Å².